The Bertz CT molecular complexity index is 643. The van der Waals surface area contributed by atoms with E-state index in [4.69, 9.17) is 0 Å². The number of carbonyl (C=O) groups is 1. The van der Waals surface area contributed by atoms with Crippen molar-refractivity contribution in [2.75, 3.05) is 11.9 Å². The van der Waals surface area contributed by atoms with Gasteiger partial charge >= 0.3 is 0 Å². The highest BCUT2D eigenvalue weighted by molar-refractivity contribution is 14.1. The number of aryl methyl sites for hydroxylation is 1. The summed E-state index contributed by atoms with van der Waals surface area (Å²) in [6.07, 6.45) is 4.92. The zero-order chi connectivity index (χ0) is 15.1. The first-order valence-corrected chi connectivity index (χ1v) is 7.45. The third-order valence-corrected chi connectivity index (χ3v) is 3.41. The summed E-state index contributed by atoms with van der Waals surface area (Å²) in [6, 6.07) is 9.63. The molecule has 0 saturated carbocycles. The fourth-order valence-corrected chi connectivity index (χ4v) is 2.32. The van der Waals surface area contributed by atoms with Gasteiger partial charge in [-0.05, 0) is 71.0 Å². The van der Waals surface area contributed by atoms with Crippen LogP contribution in [-0.2, 0) is 4.79 Å². The molecule has 0 radical (unpaired) electrons. The van der Waals surface area contributed by atoms with Gasteiger partial charge in [0.2, 0.25) is 0 Å². The lowest BCUT2D eigenvalue weighted by Crippen LogP contribution is -2.26. The summed E-state index contributed by atoms with van der Waals surface area (Å²) in [5.41, 5.74) is 5.41. The van der Waals surface area contributed by atoms with Gasteiger partial charge in [-0.3, -0.25) is 9.78 Å². The normalized spacial score (nSPS) is 10.6. The number of nitrogens with zero attached hydrogens (tertiary/aromatic N) is 2. The fourth-order valence-electron chi connectivity index (χ4n) is 1.67. The average molecular weight is 394 g/mol. The summed E-state index contributed by atoms with van der Waals surface area (Å²) < 4.78 is 1.17. The zero-order valence-corrected chi connectivity index (χ0v) is 13.7. The van der Waals surface area contributed by atoms with Gasteiger partial charge in [-0.25, -0.2) is 5.43 Å². The van der Waals surface area contributed by atoms with Crippen LogP contribution in [0.4, 0.5) is 5.69 Å². The van der Waals surface area contributed by atoms with Crippen molar-refractivity contribution in [1.29, 1.82) is 0 Å². The maximum atomic E-state index is 11.7. The van der Waals surface area contributed by atoms with Crippen LogP contribution in [0.25, 0.3) is 0 Å². The highest BCUT2D eigenvalue weighted by atomic mass is 127. The van der Waals surface area contributed by atoms with Crippen LogP contribution in [0.5, 0.6) is 0 Å². The van der Waals surface area contributed by atoms with Crippen molar-refractivity contribution in [2.24, 2.45) is 5.10 Å². The topological polar surface area (TPSA) is 66.4 Å². The molecule has 0 aliphatic carbocycles. The molecule has 1 amide bonds. The molecule has 0 aliphatic heterocycles. The molecule has 0 aliphatic rings. The van der Waals surface area contributed by atoms with Crippen LogP contribution in [0.2, 0.25) is 0 Å². The lowest BCUT2D eigenvalue weighted by atomic mass is 10.2. The van der Waals surface area contributed by atoms with Crippen LogP contribution in [0.3, 0.4) is 0 Å². The first kappa shape index (κ1) is 15.4. The highest BCUT2D eigenvalue weighted by Gasteiger charge is 2.02. The molecule has 5 nitrogen and oxygen atoms in total. The summed E-state index contributed by atoms with van der Waals surface area (Å²) in [5, 5.41) is 6.99. The Hall–Kier alpha value is -1.96. The Morgan fingerprint density at radius 2 is 2.10 bits per heavy atom. The van der Waals surface area contributed by atoms with Crippen molar-refractivity contribution in [3.8, 4) is 0 Å². The monoisotopic (exact) mass is 394 g/mol. The van der Waals surface area contributed by atoms with Crippen molar-refractivity contribution >= 4 is 40.4 Å². The van der Waals surface area contributed by atoms with E-state index >= 15 is 0 Å². The van der Waals surface area contributed by atoms with Crippen LogP contribution >= 0.6 is 22.6 Å². The molecule has 1 aromatic carbocycles. The molecule has 0 atom stereocenters. The van der Waals surface area contributed by atoms with Crippen molar-refractivity contribution < 1.29 is 4.79 Å². The van der Waals surface area contributed by atoms with E-state index in [0.29, 0.717) is 0 Å². The zero-order valence-electron chi connectivity index (χ0n) is 11.5. The summed E-state index contributed by atoms with van der Waals surface area (Å²) >= 11 is 2.26. The largest absolute Gasteiger partial charge is 0.376 e. The molecule has 2 N–H and O–H groups in total. The molecular weight excluding hydrogens is 379 g/mol. The minimum atomic E-state index is -0.196. The number of hydrogen-bond acceptors (Lipinski definition) is 4. The summed E-state index contributed by atoms with van der Waals surface area (Å²) in [4.78, 5) is 15.6. The van der Waals surface area contributed by atoms with Gasteiger partial charge in [0, 0.05) is 21.7 Å². The SMILES string of the molecule is Cc1cc(I)ccc1NCC(=O)N/N=C\c1ccncc1. The number of hydrogen-bond donors (Lipinski definition) is 2. The second-order valence-electron chi connectivity index (χ2n) is 4.39. The lowest BCUT2D eigenvalue weighted by molar-refractivity contribution is -0.119. The molecule has 2 aromatic rings. The quantitative estimate of drug-likeness (QED) is 0.466. The third kappa shape index (κ3) is 5.14. The van der Waals surface area contributed by atoms with E-state index in [9.17, 15) is 4.79 Å². The van der Waals surface area contributed by atoms with Crippen molar-refractivity contribution in [3.05, 3.63) is 57.4 Å². The molecule has 0 spiro atoms. The number of amides is 1. The summed E-state index contributed by atoms with van der Waals surface area (Å²) in [5.74, 6) is -0.196. The van der Waals surface area contributed by atoms with Gasteiger partial charge in [0.1, 0.15) is 0 Å². The number of anilines is 1. The predicted molar refractivity (Wildman–Crippen MR) is 92.4 cm³/mol. The van der Waals surface area contributed by atoms with E-state index in [-0.39, 0.29) is 12.5 Å². The van der Waals surface area contributed by atoms with E-state index in [2.05, 4.69) is 49.5 Å². The molecule has 2 rings (SSSR count). The van der Waals surface area contributed by atoms with E-state index in [1.165, 1.54) is 3.57 Å². The molecule has 6 heteroatoms. The number of hydrazone groups is 1. The maximum Gasteiger partial charge on any atom is 0.259 e. The fraction of sp³-hybridized carbons (Fsp3) is 0.133. The van der Waals surface area contributed by atoms with Crippen molar-refractivity contribution in [2.45, 2.75) is 6.92 Å². The molecule has 1 aromatic heterocycles. The average Bonchev–Trinajstić information content (AvgIpc) is 2.47. The van der Waals surface area contributed by atoms with Crippen LogP contribution in [0.1, 0.15) is 11.1 Å². The van der Waals surface area contributed by atoms with E-state index in [1.807, 2.05) is 31.2 Å². The first-order valence-electron chi connectivity index (χ1n) is 6.37. The van der Waals surface area contributed by atoms with Gasteiger partial charge in [-0.15, -0.1) is 0 Å². The number of nitrogens with one attached hydrogen (secondary N) is 2. The lowest BCUT2D eigenvalue weighted by Gasteiger charge is -2.08. The van der Waals surface area contributed by atoms with Crippen LogP contribution in [0.15, 0.2) is 47.8 Å². The maximum absolute atomic E-state index is 11.7. The van der Waals surface area contributed by atoms with Gasteiger partial charge < -0.3 is 5.32 Å². The molecule has 21 heavy (non-hydrogen) atoms. The molecular formula is C15H15IN4O. The second kappa shape index (κ2) is 7.72. The Kier molecular flexibility index (Phi) is 5.68. The number of benzene rings is 1. The van der Waals surface area contributed by atoms with Gasteiger partial charge in [0.05, 0.1) is 12.8 Å². The van der Waals surface area contributed by atoms with Crippen molar-refractivity contribution in [1.82, 2.24) is 10.4 Å². The van der Waals surface area contributed by atoms with Crippen molar-refractivity contribution in [3.63, 3.8) is 0 Å². The highest BCUT2D eigenvalue weighted by Crippen LogP contribution is 2.17. The van der Waals surface area contributed by atoms with Gasteiger partial charge in [-0.2, -0.15) is 5.10 Å². The summed E-state index contributed by atoms with van der Waals surface area (Å²) in [7, 11) is 0. The molecule has 0 fully saturated rings. The van der Waals surface area contributed by atoms with E-state index in [0.717, 1.165) is 16.8 Å². The van der Waals surface area contributed by atoms with Gasteiger partial charge in [-0.1, -0.05) is 0 Å². The number of halogens is 1. The van der Waals surface area contributed by atoms with E-state index in [1.54, 1.807) is 18.6 Å². The Morgan fingerprint density at radius 1 is 1.33 bits per heavy atom. The number of rotatable bonds is 5. The minimum absolute atomic E-state index is 0.176. The molecule has 1 heterocycles. The molecule has 108 valence electrons. The number of aromatic nitrogens is 1. The van der Waals surface area contributed by atoms with Crippen LogP contribution in [0, 0.1) is 10.5 Å². The molecule has 0 bridgehead atoms. The smallest absolute Gasteiger partial charge is 0.259 e. The summed E-state index contributed by atoms with van der Waals surface area (Å²) in [6.45, 7) is 2.18. The molecule has 0 unspecified atom stereocenters. The van der Waals surface area contributed by atoms with E-state index < -0.39 is 0 Å². The minimum Gasteiger partial charge on any atom is -0.376 e. The Labute approximate surface area is 137 Å². The Balaban J connectivity index is 1.81. The van der Waals surface area contributed by atoms with Gasteiger partial charge in [0.15, 0.2) is 0 Å². The predicted octanol–water partition coefficient (Wildman–Crippen LogP) is 2.56. The van der Waals surface area contributed by atoms with Gasteiger partial charge in [0.25, 0.3) is 5.91 Å². The Morgan fingerprint density at radius 3 is 2.81 bits per heavy atom. The number of carbonyl (C=O) groups excluding carboxylic acids is 1. The third-order valence-electron chi connectivity index (χ3n) is 2.74. The first-order chi connectivity index (χ1) is 10.1. The molecule has 0 saturated heterocycles. The number of pyridine rings is 1. The van der Waals surface area contributed by atoms with Crippen LogP contribution < -0.4 is 10.7 Å². The second-order valence-corrected chi connectivity index (χ2v) is 5.63. The standard InChI is InChI=1S/C15H15IN4O/c1-11-8-13(16)2-3-14(11)18-10-15(21)20-19-9-12-4-6-17-7-5-12/h2-9,18H,10H2,1H3,(H,20,21)/b19-9-. The van der Waals surface area contributed by atoms with Crippen LogP contribution in [-0.4, -0.2) is 23.7 Å².